The van der Waals surface area contributed by atoms with Crippen molar-refractivity contribution in [3.63, 3.8) is 0 Å². The quantitative estimate of drug-likeness (QED) is 0.861. The Balaban J connectivity index is 1.94. The van der Waals surface area contributed by atoms with Crippen LogP contribution in [0.15, 0.2) is 12.1 Å². The van der Waals surface area contributed by atoms with Crippen molar-refractivity contribution in [2.75, 3.05) is 13.2 Å². The summed E-state index contributed by atoms with van der Waals surface area (Å²) in [5, 5.41) is 12.3. The van der Waals surface area contributed by atoms with E-state index in [0.29, 0.717) is 24.1 Å². The van der Waals surface area contributed by atoms with E-state index < -0.39 is 0 Å². The molecular weight excluding hydrogens is 214 g/mol. The maximum Gasteiger partial charge on any atom is 0.214 e. The number of nitrogens with one attached hydrogen (secondary N) is 1. The molecule has 90 valence electrons. The predicted octanol–water partition coefficient (Wildman–Crippen LogP) is 1.78. The Morgan fingerprint density at radius 1 is 1.53 bits per heavy atom. The lowest BCUT2D eigenvalue weighted by molar-refractivity contribution is 0.232. The summed E-state index contributed by atoms with van der Waals surface area (Å²) in [6.45, 7) is 3.56. The van der Waals surface area contributed by atoms with Crippen LogP contribution in [0.5, 0.6) is 5.88 Å². The van der Waals surface area contributed by atoms with Crippen molar-refractivity contribution in [2.24, 2.45) is 0 Å². The lowest BCUT2D eigenvalue weighted by Crippen LogP contribution is -2.38. The second kappa shape index (κ2) is 5.65. The Morgan fingerprint density at radius 3 is 3.12 bits per heavy atom. The van der Waals surface area contributed by atoms with E-state index in [1.54, 1.807) is 12.1 Å². The minimum Gasteiger partial charge on any atom is -0.476 e. The van der Waals surface area contributed by atoms with Crippen molar-refractivity contribution in [3.8, 4) is 11.9 Å². The van der Waals surface area contributed by atoms with Crippen LogP contribution in [0.3, 0.4) is 0 Å². The average Bonchev–Trinajstić information content (AvgIpc) is 2.37. The van der Waals surface area contributed by atoms with Crippen molar-refractivity contribution in [1.82, 2.24) is 10.3 Å². The summed E-state index contributed by atoms with van der Waals surface area (Å²) in [5.41, 5.74) is 1.42. The molecule has 0 amide bonds. The molecule has 4 heteroatoms. The predicted molar refractivity (Wildman–Crippen MR) is 64.8 cm³/mol. The van der Waals surface area contributed by atoms with Gasteiger partial charge in [0, 0.05) is 17.8 Å². The minimum atomic E-state index is 0.414. The molecule has 1 saturated heterocycles. The second-order valence-corrected chi connectivity index (χ2v) is 4.41. The number of hydrogen-bond acceptors (Lipinski definition) is 4. The molecule has 0 spiro atoms. The molecule has 0 aromatic carbocycles. The van der Waals surface area contributed by atoms with Crippen LogP contribution in [0.2, 0.25) is 0 Å². The van der Waals surface area contributed by atoms with Gasteiger partial charge in [-0.05, 0) is 32.4 Å². The highest BCUT2D eigenvalue weighted by molar-refractivity contribution is 5.34. The molecule has 17 heavy (non-hydrogen) atoms. The van der Waals surface area contributed by atoms with Crippen molar-refractivity contribution in [1.29, 1.82) is 5.26 Å². The number of rotatable bonds is 3. The van der Waals surface area contributed by atoms with E-state index in [2.05, 4.69) is 16.4 Å². The van der Waals surface area contributed by atoms with Gasteiger partial charge in [-0.15, -0.1) is 0 Å². The zero-order chi connectivity index (χ0) is 12.1. The van der Waals surface area contributed by atoms with Crippen LogP contribution in [0.1, 0.15) is 30.5 Å². The van der Waals surface area contributed by atoms with Gasteiger partial charge >= 0.3 is 0 Å². The van der Waals surface area contributed by atoms with Gasteiger partial charge in [0.2, 0.25) is 5.88 Å². The summed E-state index contributed by atoms with van der Waals surface area (Å²) in [6, 6.07) is 5.97. The summed E-state index contributed by atoms with van der Waals surface area (Å²) < 4.78 is 5.64. The summed E-state index contributed by atoms with van der Waals surface area (Å²) >= 11 is 0. The molecule has 1 aromatic rings. The Labute approximate surface area is 102 Å². The van der Waals surface area contributed by atoms with Crippen LogP contribution in [-0.2, 0) is 0 Å². The molecule has 2 heterocycles. The first kappa shape index (κ1) is 11.9. The molecule has 0 radical (unpaired) electrons. The molecular formula is C13H17N3O. The third kappa shape index (κ3) is 3.43. The first-order valence-electron chi connectivity index (χ1n) is 6.03. The summed E-state index contributed by atoms with van der Waals surface area (Å²) in [7, 11) is 0. The number of pyridine rings is 1. The van der Waals surface area contributed by atoms with E-state index in [1.165, 1.54) is 12.8 Å². The van der Waals surface area contributed by atoms with Gasteiger partial charge in [-0.2, -0.15) is 5.26 Å². The number of aryl methyl sites for hydroxylation is 1. The molecule has 0 saturated carbocycles. The van der Waals surface area contributed by atoms with Gasteiger partial charge in [-0.3, -0.25) is 0 Å². The standard InChI is InChI=1S/C13H17N3O/c1-10-6-11(8-14)7-13(16-10)17-9-12-4-2-3-5-15-12/h6-7,12,15H,2-5,9H2,1H3. The van der Waals surface area contributed by atoms with Gasteiger partial charge < -0.3 is 10.1 Å². The molecule has 1 aromatic heterocycles. The van der Waals surface area contributed by atoms with Gasteiger partial charge in [-0.25, -0.2) is 4.98 Å². The average molecular weight is 231 g/mol. The Hall–Kier alpha value is -1.60. The lowest BCUT2D eigenvalue weighted by Gasteiger charge is -2.23. The van der Waals surface area contributed by atoms with Gasteiger partial charge in [0.25, 0.3) is 0 Å². The van der Waals surface area contributed by atoms with Gasteiger partial charge in [0.15, 0.2) is 0 Å². The third-order valence-corrected chi connectivity index (χ3v) is 2.90. The first-order chi connectivity index (χ1) is 8.28. The molecule has 4 nitrogen and oxygen atoms in total. The zero-order valence-corrected chi connectivity index (χ0v) is 10.1. The summed E-state index contributed by atoms with van der Waals surface area (Å²) in [4.78, 5) is 4.27. The highest BCUT2D eigenvalue weighted by atomic mass is 16.5. The number of hydrogen-bond donors (Lipinski definition) is 1. The highest BCUT2D eigenvalue weighted by Crippen LogP contribution is 2.13. The molecule has 1 aliphatic rings. The fourth-order valence-electron chi connectivity index (χ4n) is 2.03. The fraction of sp³-hybridized carbons (Fsp3) is 0.538. The molecule has 1 fully saturated rings. The monoisotopic (exact) mass is 231 g/mol. The summed E-state index contributed by atoms with van der Waals surface area (Å²) in [6.07, 6.45) is 3.65. The van der Waals surface area contributed by atoms with E-state index in [4.69, 9.17) is 10.00 Å². The van der Waals surface area contributed by atoms with Crippen LogP contribution < -0.4 is 10.1 Å². The molecule has 1 unspecified atom stereocenters. The van der Waals surface area contributed by atoms with Crippen LogP contribution in [0.25, 0.3) is 0 Å². The van der Waals surface area contributed by atoms with Crippen molar-refractivity contribution in [2.45, 2.75) is 32.2 Å². The lowest BCUT2D eigenvalue weighted by atomic mass is 10.1. The Morgan fingerprint density at radius 2 is 2.41 bits per heavy atom. The number of aromatic nitrogens is 1. The largest absolute Gasteiger partial charge is 0.476 e. The second-order valence-electron chi connectivity index (χ2n) is 4.41. The maximum absolute atomic E-state index is 8.86. The smallest absolute Gasteiger partial charge is 0.214 e. The molecule has 0 bridgehead atoms. The van der Waals surface area contributed by atoms with E-state index >= 15 is 0 Å². The van der Waals surface area contributed by atoms with Crippen molar-refractivity contribution < 1.29 is 4.74 Å². The van der Waals surface area contributed by atoms with Gasteiger partial charge in [-0.1, -0.05) is 6.42 Å². The normalized spacial score (nSPS) is 19.6. The van der Waals surface area contributed by atoms with Gasteiger partial charge in [0.1, 0.15) is 6.61 Å². The molecule has 1 aliphatic heterocycles. The van der Waals surface area contributed by atoms with Crippen molar-refractivity contribution in [3.05, 3.63) is 23.4 Å². The highest BCUT2D eigenvalue weighted by Gasteiger charge is 2.13. The molecule has 1 atom stereocenters. The molecule has 2 rings (SSSR count). The maximum atomic E-state index is 8.86. The fourth-order valence-corrected chi connectivity index (χ4v) is 2.03. The van der Waals surface area contributed by atoms with E-state index in [-0.39, 0.29) is 0 Å². The first-order valence-corrected chi connectivity index (χ1v) is 6.03. The van der Waals surface area contributed by atoms with Crippen LogP contribution in [0.4, 0.5) is 0 Å². The van der Waals surface area contributed by atoms with Crippen LogP contribution in [-0.4, -0.2) is 24.2 Å². The number of nitriles is 1. The van der Waals surface area contributed by atoms with Crippen molar-refractivity contribution >= 4 is 0 Å². The van der Waals surface area contributed by atoms with Gasteiger partial charge in [0.05, 0.1) is 11.6 Å². The number of piperidine rings is 1. The molecule has 1 N–H and O–H groups in total. The zero-order valence-electron chi connectivity index (χ0n) is 10.1. The van der Waals surface area contributed by atoms with Crippen LogP contribution >= 0.6 is 0 Å². The number of nitrogens with zero attached hydrogens (tertiary/aromatic N) is 2. The number of ether oxygens (including phenoxy) is 1. The van der Waals surface area contributed by atoms with E-state index in [0.717, 1.165) is 18.7 Å². The third-order valence-electron chi connectivity index (χ3n) is 2.90. The molecule has 0 aliphatic carbocycles. The Kier molecular flexibility index (Phi) is 3.94. The summed E-state index contributed by atoms with van der Waals surface area (Å²) in [5.74, 6) is 0.550. The van der Waals surface area contributed by atoms with E-state index in [9.17, 15) is 0 Å². The van der Waals surface area contributed by atoms with Crippen LogP contribution in [0, 0.1) is 18.3 Å². The van der Waals surface area contributed by atoms with E-state index in [1.807, 2.05) is 6.92 Å². The topological polar surface area (TPSA) is 57.9 Å². The minimum absolute atomic E-state index is 0.414. The SMILES string of the molecule is Cc1cc(C#N)cc(OCC2CCCCN2)n1. The Bertz CT molecular complexity index is 419.